The van der Waals surface area contributed by atoms with Gasteiger partial charge in [0.2, 0.25) is 0 Å². The van der Waals surface area contributed by atoms with E-state index in [1.54, 1.807) is 14.0 Å². The predicted molar refractivity (Wildman–Crippen MR) is 111 cm³/mol. The lowest BCUT2D eigenvalue weighted by Gasteiger charge is -2.07. The second-order valence-electron chi connectivity index (χ2n) is 6.47. The smallest absolute Gasteiger partial charge is 0.337 e. The van der Waals surface area contributed by atoms with Gasteiger partial charge in [0.15, 0.2) is 0 Å². The lowest BCUT2D eigenvalue weighted by Crippen LogP contribution is -2.38. The van der Waals surface area contributed by atoms with Gasteiger partial charge < -0.3 is 5.32 Å². The van der Waals surface area contributed by atoms with Gasteiger partial charge in [-0.15, -0.1) is 0 Å². The monoisotopic (exact) mass is 477 g/mol. The van der Waals surface area contributed by atoms with E-state index < -0.39 is 27.8 Å². The van der Waals surface area contributed by atoms with Gasteiger partial charge in [0.05, 0.1) is 16.7 Å². The number of amides is 2. The molecular weight excluding hydrogens is 455 g/mol. The summed E-state index contributed by atoms with van der Waals surface area (Å²) in [5, 5.41) is 8.25. The average molecular weight is 478 g/mol. The standard InChI is InChI=1S/C18H22F3N5O3S2/c1-4-5-9-22-17(27)25-31(28,29)10-8-14-12(2)24-26(3)16(14)30-15-7-6-13(11-23-15)18(19,20)21/h6-8,10-11H,4-5,9H2,1-3H3,(H2,22,25,27)/b10-8+. The molecule has 0 aromatic carbocycles. The van der Waals surface area contributed by atoms with Crippen molar-refractivity contribution in [2.75, 3.05) is 6.54 Å². The molecule has 0 saturated heterocycles. The molecule has 0 aliphatic rings. The van der Waals surface area contributed by atoms with Crippen molar-refractivity contribution in [3.8, 4) is 0 Å². The number of pyridine rings is 1. The third-order valence-corrected chi connectivity index (χ3v) is 6.04. The van der Waals surface area contributed by atoms with E-state index >= 15 is 0 Å². The van der Waals surface area contributed by atoms with Crippen LogP contribution in [-0.4, -0.2) is 35.8 Å². The first-order valence-electron chi connectivity index (χ1n) is 9.16. The molecule has 0 atom stereocenters. The molecule has 0 saturated carbocycles. The Hall–Kier alpha value is -2.54. The normalized spacial score (nSPS) is 12.3. The van der Waals surface area contributed by atoms with Crippen molar-refractivity contribution >= 4 is 33.9 Å². The Morgan fingerprint density at radius 2 is 2.03 bits per heavy atom. The summed E-state index contributed by atoms with van der Waals surface area (Å²) < 4.78 is 65.8. The number of aryl methyl sites for hydroxylation is 2. The second kappa shape index (κ2) is 10.2. The molecule has 0 radical (unpaired) electrons. The number of carbonyl (C=O) groups is 1. The van der Waals surface area contributed by atoms with Crippen LogP contribution < -0.4 is 10.0 Å². The zero-order chi connectivity index (χ0) is 23.2. The zero-order valence-electron chi connectivity index (χ0n) is 17.0. The number of rotatable bonds is 8. The Morgan fingerprint density at radius 1 is 1.32 bits per heavy atom. The molecule has 0 spiro atoms. The Balaban J connectivity index is 2.18. The van der Waals surface area contributed by atoms with Gasteiger partial charge >= 0.3 is 12.2 Å². The molecule has 0 fully saturated rings. The van der Waals surface area contributed by atoms with Gasteiger partial charge in [0.1, 0.15) is 10.1 Å². The maximum absolute atomic E-state index is 12.7. The van der Waals surface area contributed by atoms with Crippen molar-refractivity contribution in [1.29, 1.82) is 0 Å². The maximum atomic E-state index is 12.7. The Morgan fingerprint density at radius 3 is 2.61 bits per heavy atom. The summed E-state index contributed by atoms with van der Waals surface area (Å²) in [5.74, 6) is 0. The van der Waals surface area contributed by atoms with E-state index in [9.17, 15) is 26.4 Å². The summed E-state index contributed by atoms with van der Waals surface area (Å²) in [6.45, 7) is 3.94. The lowest BCUT2D eigenvalue weighted by molar-refractivity contribution is -0.137. The minimum Gasteiger partial charge on any atom is -0.337 e. The van der Waals surface area contributed by atoms with Crippen LogP contribution >= 0.6 is 11.8 Å². The molecule has 2 heterocycles. The third kappa shape index (κ3) is 7.28. The summed E-state index contributed by atoms with van der Waals surface area (Å²) in [5.41, 5.74) is 0.0641. The lowest BCUT2D eigenvalue weighted by atomic mass is 10.3. The number of halogens is 3. The highest BCUT2D eigenvalue weighted by Gasteiger charge is 2.30. The first-order chi connectivity index (χ1) is 14.4. The van der Waals surface area contributed by atoms with Gasteiger partial charge in [-0.3, -0.25) is 4.68 Å². The van der Waals surface area contributed by atoms with Crippen LogP contribution in [0.5, 0.6) is 0 Å². The van der Waals surface area contributed by atoms with Crippen molar-refractivity contribution in [2.24, 2.45) is 7.05 Å². The molecule has 0 bridgehead atoms. The summed E-state index contributed by atoms with van der Waals surface area (Å²) in [6.07, 6.45) is -0.918. The number of sulfonamides is 1. The van der Waals surface area contributed by atoms with Gasteiger partial charge in [0.25, 0.3) is 10.0 Å². The number of carbonyl (C=O) groups excluding carboxylic acids is 1. The van der Waals surface area contributed by atoms with Crippen LogP contribution in [0.2, 0.25) is 0 Å². The minimum atomic E-state index is -4.49. The quantitative estimate of drug-likeness (QED) is 0.562. The summed E-state index contributed by atoms with van der Waals surface area (Å²) in [4.78, 5) is 15.5. The molecule has 2 N–H and O–H groups in total. The molecule has 0 aliphatic heterocycles. The number of urea groups is 1. The average Bonchev–Trinajstić information content (AvgIpc) is 2.92. The van der Waals surface area contributed by atoms with Crippen LogP contribution in [0.1, 0.15) is 36.6 Å². The topological polar surface area (TPSA) is 106 Å². The first-order valence-corrected chi connectivity index (χ1v) is 11.5. The molecule has 2 aromatic heterocycles. The third-order valence-electron chi connectivity index (χ3n) is 3.94. The van der Waals surface area contributed by atoms with E-state index in [0.29, 0.717) is 22.8 Å². The van der Waals surface area contributed by atoms with E-state index in [0.717, 1.165) is 42.3 Å². The van der Waals surface area contributed by atoms with Crippen molar-refractivity contribution in [1.82, 2.24) is 24.8 Å². The number of nitrogens with one attached hydrogen (secondary N) is 2. The van der Waals surface area contributed by atoms with Crippen LogP contribution in [0, 0.1) is 6.92 Å². The molecule has 2 rings (SSSR count). The van der Waals surface area contributed by atoms with Crippen LogP contribution in [0.3, 0.4) is 0 Å². The predicted octanol–water partition coefficient (Wildman–Crippen LogP) is 3.69. The fourth-order valence-corrected chi connectivity index (χ4v) is 4.06. The maximum Gasteiger partial charge on any atom is 0.417 e. The van der Waals surface area contributed by atoms with E-state index in [2.05, 4.69) is 15.4 Å². The Bertz CT molecular complexity index is 1050. The van der Waals surface area contributed by atoms with Crippen molar-refractivity contribution in [3.63, 3.8) is 0 Å². The number of nitrogens with zero attached hydrogens (tertiary/aromatic N) is 3. The Labute approximate surface area is 182 Å². The van der Waals surface area contributed by atoms with Crippen molar-refractivity contribution in [2.45, 2.75) is 42.9 Å². The van der Waals surface area contributed by atoms with Gasteiger partial charge in [-0.2, -0.15) is 18.3 Å². The summed E-state index contributed by atoms with van der Waals surface area (Å²) >= 11 is 1.04. The van der Waals surface area contributed by atoms with Gasteiger partial charge in [-0.05, 0) is 43.3 Å². The first kappa shape index (κ1) is 24.7. The Kier molecular flexibility index (Phi) is 8.12. The van der Waals surface area contributed by atoms with E-state index in [4.69, 9.17) is 0 Å². The van der Waals surface area contributed by atoms with Crippen LogP contribution in [0.25, 0.3) is 6.08 Å². The van der Waals surface area contributed by atoms with E-state index in [1.807, 2.05) is 11.6 Å². The number of alkyl halides is 3. The van der Waals surface area contributed by atoms with Crippen LogP contribution in [-0.2, 0) is 23.2 Å². The molecule has 2 amide bonds. The van der Waals surface area contributed by atoms with Crippen LogP contribution in [0.15, 0.2) is 33.8 Å². The largest absolute Gasteiger partial charge is 0.417 e. The van der Waals surface area contributed by atoms with E-state index in [1.165, 1.54) is 16.8 Å². The minimum absolute atomic E-state index is 0.280. The molecular formula is C18H22F3N5O3S2. The fourth-order valence-electron chi connectivity index (χ4n) is 2.41. The van der Waals surface area contributed by atoms with Gasteiger partial charge in [0, 0.05) is 25.4 Å². The molecule has 2 aromatic rings. The molecule has 0 aliphatic carbocycles. The van der Waals surface area contributed by atoms with Crippen molar-refractivity contribution < 1.29 is 26.4 Å². The van der Waals surface area contributed by atoms with Gasteiger partial charge in [-0.1, -0.05) is 13.3 Å². The van der Waals surface area contributed by atoms with E-state index in [-0.39, 0.29) is 5.03 Å². The molecule has 170 valence electrons. The molecule has 0 unspecified atom stereocenters. The SMILES string of the molecule is CCCCNC(=O)NS(=O)(=O)/C=C/c1c(C)nn(C)c1Sc1ccc(C(F)(F)F)cn1. The van der Waals surface area contributed by atoms with Crippen LogP contribution in [0.4, 0.5) is 18.0 Å². The molecule has 31 heavy (non-hydrogen) atoms. The highest BCUT2D eigenvalue weighted by Crippen LogP contribution is 2.34. The number of hydrogen-bond acceptors (Lipinski definition) is 6. The van der Waals surface area contributed by atoms with Crippen molar-refractivity contribution in [3.05, 3.63) is 40.6 Å². The molecule has 13 heteroatoms. The van der Waals surface area contributed by atoms with Gasteiger partial charge in [-0.25, -0.2) is 22.9 Å². The summed E-state index contributed by atoms with van der Waals surface area (Å²) in [7, 11) is -2.45. The zero-order valence-corrected chi connectivity index (χ0v) is 18.7. The number of aromatic nitrogens is 3. The second-order valence-corrected chi connectivity index (χ2v) is 9.05. The fraction of sp³-hybridized carbons (Fsp3) is 0.389. The summed E-state index contributed by atoms with van der Waals surface area (Å²) in [6, 6.07) is 1.31. The highest BCUT2D eigenvalue weighted by molar-refractivity contribution is 7.99. The molecule has 8 nitrogen and oxygen atoms in total. The number of hydrogen-bond donors (Lipinski definition) is 2. The number of unbranched alkanes of at least 4 members (excludes halogenated alkanes) is 1. The highest BCUT2D eigenvalue weighted by atomic mass is 32.2.